The van der Waals surface area contributed by atoms with Gasteiger partial charge in [-0.25, -0.2) is 4.79 Å². The van der Waals surface area contributed by atoms with Gasteiger partial charge in [0.25, 0.3) is 0 Å². The van der Waals surface area contributed by atoms with Crippen LogP contribution in [-0.2, 0) is 42.7 Å². The summed E-state index contributed by atoms with van der Waals surface area (Å²) in [4.78, 5) is 24.0. The topological polar surface area (TPSA) is 374 Å². The molecule has 1 amide bonds. The zero-order valence-electron chi connectivity index (χ0n) is 25.7. The molecular formula is C26H43NO22. The second-order valence-corrected chi connectivity index (χ2v) is 11.9. The van der Waals surface area contributed by atoms with Crippen LogP contribution in [-0.4, -0.2) is 221 Å². The summed E-state index contributed by atoms with van der Waals surface area (Å²) in [5, 5.41) is 136. The van der Waals surface area contributed by atoms with Gasteiger partial charge in [0.15, 0.2) is 31.3 Å². The van der Waals surface area contributed by atoms with Crippen LogP contribution in [0.25, 0.3) is 0 Å². The molecule has 4 aliphatic heterocycles. The number of carbonyl (C=O) groups excluding carboxylic acids is 1. The molecule has 0 bridgehead atoms. The first kappa shape index (κ1) is 40.0. The van der Waals surface area contributed by atoms with Gasteiger partial charge in [0, 0.05) is 6.92 Å². The van der Waals surface area contributed by atoms with E-state index in [-0.39, 0.29) is 0 Å². The largest absolute Gasteiger partial charge is 0.479 e. The van der Waals surface area contributed by atoms with Crippen molar-refractivity contribution >= 4 is 11.9 Å². The lowest BCUT2D eigenvalue weighted by Crippen LogP contribution is -2.69. The predicted molar refractivity (Wildman–Crippen MR) is 146 cm³/mol. The van der Waals surface area contributed by atoms with Crippen molar-refractivity contribution in [1.29, 1.82) is 0 Å². The van der Waals surface area contributed by atoms with Crippen LogP contribution < -0.4 is 5.32 Å². The first-order chi connectivity index (χ1) is 23.1. The summed E-state index contributed by atoms with van der Waals surface area (Å²) in [5.41, 5.74) is 0. The van der Waals surface area contributed by atoms with Crippen molar-refractivity contribution in [3.8, 4) is 0 Å². The number of aliphatic carboxylic acids is 1. The van der Waals surface area contributed by atoms with Crippen LogP contribution in [0, 0.1) is 0 Å². The van der Waals surface area contributed by atoms with Crippen molar-refractivity contribution < 1.29 is 109 Å². The van der Waals surface area contributed by atoms with E-state index in [4.69, 9.17) is 33.2 Å². The van der Waals surface area contributed by atoms with Gasteiger partial charge < -0.3 is 105 Å². The number of ether oxygens (including phenoxy) is 7. The van der Waals surface area contributed by atoms with Crippen LogP contribution in [0.3, 0.4) is 0 Å². The highest BCUT2D eigenvalue weighted by Gasteiger charge is 2.56. The maximum atomic E-state index is 12.2. The van der Waals surface area contributed by atoms with Gasteiger partial charge in [0.2, 0.25) is 5.91 Å². The zero-order valence-corrected chi connectivity index (χ0v) is 25.7. The van der Waals surface area contributed by atoms with E-state index >= 15 is 0 Å². The molecule has 284 valence electrons. The van der Waals surface area contributed by atoms with Crippen molar-refractivity contribution in [3.63, 3.8) is 0 Å². The van der Waals surface area contributed by atoms with Gasteiger partial charge in [-0.1, -0.05) is 0 Å². The minimum atomic E-state index is -2.24. The van der Waals surface area contributed by atoms with Gasteiger partial charge >= 0.3 is 5.97 Å². The maximum absolute atomic E-state index is 12.2. The lowest BCUT2D eigenvalue weighted by atomic mass is 9.94. The van der Waals surface area contributed by atoms with Crippen LogP contribution in [0.2, 0.25) is 0 Å². The van der Waals surface area contributed by atoms with Gasteiger partial charge in [-0.3, -0.25) is 4.79 Å². The van der Waals surface area contributed by atoms with E-state index < -0.39 is 154 Å². The summed E-state index contributed by atoms with van der Waals surface area (Å²) in [7, 11) is 0. The summed E-state index contributed by atoms with van der Waals surface area (Å²) in [6.45, 7) is -1.58. The van der Waals surface area contributed by atoms with E-state index in [9.17, 15) is 76.0 Å². The smallest absolute Gasteiger partial charge is 0.335 e. The number of hydrogen-bond donors (Lipinski definition) is 14. The van der Waals surface area contributed by atoms with Crippen molar-refractivity contribution in [2.45, 2.75) is 130 Å². The van der Waals surface area contributed by atoms with E-state index in [1.165, 1.54) is 0 Å². The molecule has 4 fully saturated rings. The Morgan fingerprint density at radius 2 is 1.00 bits per heavy atom. The highest BCUT2D eigenvalue weighted by Crippen LogP contribution is 2.34. The normalized spacial score (nSPS) is 49.3. The minimum absolute atomic E-state index is 0.729. The first-order valence-corrected chi connectivity index (χ1v) is 15.1. The molecule has 4 rings (SSSR count). The fourth-order valence-corrected chi connectivity index (χ4v) is 5.91. The summed E-state index contributed by atoms with van der Waals surface area (Å²) in [6, 6.07) is -1.54. The molecule has 23 heteroatoms. The number of aliphatic hydroxyl groups excluding tert-OH is 12. The summed E-state index contributed by atoms with van der Waals surface area (Å²) in [5.74, 6) is -2.55. The molecule has 23 nitrogen and oxygen atoms in total. The number of amides is 1. The Hall–Kier alpha value is -1.82. The van der Waals surface area contributed by atoms with Gasteiger partial charge in [0.1, 0.15) is 91.5 Å². The number of carboxylic acids is 1. The maximum Gasteiger partial charge on any atom is 0.335 e. The Balaban J connectivity index is 1.49. The highest BCUT2D eigenvalue weighted by molar-refractivity contribution is 5.74. The van der Waals surface area contributed by atoms with Gasteiger partial charge in [-0.2, -0.15) is 0 Å². The molecule has 0 radical (unpaired) electrons. The Kier molecular flexibility index (Phi) is 13.6. The van der Waals surface area contributed by atoms with Gasteiger partial charge in [0.05, 0.1) is 19.8 Å². The third-order valence-corrected chi connectivity index (χ3v) is 8.57. The van der Waals surface area contributed by atoms with Crippen molar-refractivity contribution in [3.05, 3.63) is 0 Å². The quantitative estimate of drug-likeness (QED) is 0.0941. The standard InChI is InChI=1S/C26H43NO22/c1-5(31)27-9-19(11(33)7(3-29)43-23(9)42)47-26-17(39)14(36)20(21(49-26)22(40)41)48-25-16(38)13(35)18(8(4-30)45-25)46-24-15(37)12(34)10(32)6(2-28)44-24/h6-21,23-26,28-30,32-39,42H,2-4H2,1H3,(H,27,31)(H,40,41)/t6-,7-,8-,9-,10+,11+,12+,13-,14-,15-,16-,17-,18-,19-,20+,21+,23-,24+,25-,26-/m1/s1. The fourth-order valence-electron chi connectivity index (χ4n) is 5.91. The number of carboxylic acid groups (broad SMARTS) is 1. The number of nitrogens with one attached hydrogen (secondary N) is 1. The van der Waals surface area contributed by atoms with Crippen LogP contribution in [0.15, 0.2) is 0 Å². The first-order valence-electron chi connectivity index (χ1n) is 15.1. The van der Waals surface area contributed by atoms with Crippen LogP contribution in [0.4, 0.5) is 0 Å². The Morgan fingerprint density at radius 3 is 1.53 bits per heavy atom. The molecule has 0 aromatic rings. The lowest BCUT2D eigenvalue weighted by molar-refractivity contribution is -0.381. The third kappa shape index (κ3) is 8.30. The lowest BCUT2D eigenvalue weighted by Gasteiger charge is -2.48. The average Bonchev–Trinajstić information content (AvgIpc) is 3.06. The second kappa shape index (κ2) is 16.7. The van der Waals surface area contributed by atoms with Gasteiger partial charge in [-0.15, -0.1) is 0 Å². The molecule has 0 aliphatic carbocycles. The summed E-state index contributed by atoms with van der Waals surface area (Å²) >= 11 is 0. The Bertz CT molecular complexity index is 1100. The monoisotopic (exact) mass is 721 g/mol. The molecule has 0 aromatic carbocycles. The zero-order chi connectivity index (χ0) is 36.5. The molecule has 4 heterocycles. The Morgan fingerprint density at radius 1 is 0.551 bits per heavy atom. The Labute approximate surface area is 276 Å². The van der Waals surface area contributed by atoms with E-state index in [1.54, 1.807) is 0 Å². The highest BCUT2D eigenvalue weighted by atomic mass is 16.8. The van der Waals surface area contributed by atoms with E-state index in [0.717, 1.165) is 6.92 Å². The van der Waals surface area contributed by atoms with E-state index in [0.29, 0.717) is 0 Å². The molecule has 0 spiro atoms. The number of rotatable bonds is 11. The van der Waals surface area contributed by atoms with Crippen LogP contribution in [0.1, 0.15) is 6.92 Å². The van der Waals surface area contributed by atoms with Crippen molar-refractivity contribution in [2.24, 2.45) is 0 Å². The second-order valence-electron chi connectivity index (χ2n) is 11.9. The average molecular weight is 722 g/mol. The molecule has 0 saturated carbocycles. The summed E-state index contributed by atoms with van der Waals surface area (Å²) < 4.78 is 37.5. The molecule has 0 unspecified atom stereocenters. The van der Waals surface area contributed by atoms with Gasteiger partial charge in [-0.05, 0) is 0 Å². The van der Waals surface area contributed by atoms with Crippen LogP contribution in [0.5, 0.6) is 0 Å². The summed E-state index contributed by atoms with van der Waals surface area (Å²) in [6.07, 6.45) is -36.2. The fraction of sp³-hybridized carbons (Fsp3) is 0.923. The van der Waals surface area contributed by atoms with E-state index in [2.05, 4.69) is 5.32 Å². The molecular weight excluding hydrogens is 678 g/mol. The molecule has 49 heavy (non-hydrogen) atoms. The van der Waals surface area contributed by atoms with E-state index in [1.807, 2.05) is 0 Å². The number of hydrogen-bond acceptors (Lipinski definition) is 21. The number of carbonyl (C=O) groups is 2. The van der Waals surface area contributed by atoms with Crippen molar-refractivity contribution in [1.82, 2.24) is 5.32 Å². The SMILES string of the molecule is CC(=O)N[C@@H]1[C@@H](O[C@@H]2O[C@H](C(=O)O)[C@@H](O[C@H]3O[C@H](CO)[C@@H](O[C@@H]4O[C@H](CO)[C@H](O)[C@H](O)[C@H]4O)[C@H](O)[C@H]3O)[C@H](O)[C@H]2O)[C@@H](O)[C@@H](CO)O[C@H]1O. The predicted octanol–water partition coefficient (Wildman–Crippen LogP) is -9.51. The third-order valence-electron chi connectivity index (χ3n) is 8.57. The molecule has 0 aromatic heterocycles. The molecule has 20 atom stereocenters. The van der Waals surface area contributed by atoms with Crippen LogP contribution >= 0.6 is 0 Å². The van der Waals surface area contributed by atoms with Crippen molar-refractivity contribution in [2.75, 3.05) is 19.8 Å². The molecule has 14 N–H and O–H groups in total. The molecule has 4 aliphatic rings. The molecule has 4 saturated heterocycles. The number of aliphatic hydroxyl groups is 12. The minimum Gasteiger partial charge on any atom is -0.479 e.